The number of carbonyl (C=O) groups excluding carboxylic acids is 2. The van der Waals surface area contributed by atoms with Crippen molar-refractivity contribution in [3.8, 4) is 0 Å². The molecule has 1 heterocycles. The predicted molar refractivity (Wildman–Crippen MR) is 109 cm³/mol. The predicted octanol–water partition coefficient (Wildman–Crippen LogP) is 4.51. The number of likely N-dealkylation sites (tertiary alicyclic amines) is 1. The van der Waals surface area contributed by atoms with Crippen LogP contribution in [0.3, 0.4) is 0 Å². The fraction of sp³-hybridized carbons (Fsp3) is 0.391. The third-order valence-electron chi connectivity index (χ3n) is 5.38. The monoisotopic (exact) mass is 382 g/mol. The molecular formula is C23H27FN2O2. The normalized spacial score (nSPS) is 16.7. The molecule has 0 aliphatic carbocycles. The Morgan fingerprint density at radius 2 is 1.82 bits per heavy atom. The molecule has 28 heavy (non-hydrogen) atoms. The van der Waals surface area contributed by atoms with Gasteiger partial charge in [0.05, 0.1) is 0 Å². The number of aryl methyl sites for hydroxylation is 2. The van der Waals surface area contributed by atoms with E-state index in [-0.39, 0.29) is 36.4 Å². The topological polar surface area (TPSA) is 49.4 Å². The fourth-order valence-corrected chi connectivity index (χ4v) is 3.55. The molecule has 3 rings (SSSR count). The minimum Gasteiger partial charge on any atom is -0.381 e. The van der Waals surface area contributed by atoms with Gasteiger partial charge in [0.15, 0.2) is 5.78 Å². The van der Waals surface area contributed by atoms with Gasteiger partial charge in [0, 0.05) is 43.2 Å². The molecule has 1 saturated heterocycles. The highest BCUT2D eigenvalue weighted by molar-refractivity contribution is 5.97. The van der Waals surface area contributed by atoms with E-state index in [1.54, 1.807) is 0 Å². The van der Waals surface area contributed by atoms with Gasteiger partial charge in [0.2, 0.25) is 5.91 Å². The third kappa shape index (κ3) is 5.18. The van der Waals surface area contributed by atoms with Crippen LogP contribution in [0.2, 0.25) is 0 Å². The molecular weight excluding hydrogens is 355 g/mol. The van der Waals surface area contributed by atoms with Crippen LogP contribution in [0.1, 0.15) is 47.2 Å². The van der Waals surface area contributed by atoms with Gasteiger partial charge in [-0.05, 0) is 74.2 Å². The summed E-state index contributed by atoms with van der Waals surface area (Å²) in [6, 6.07) is 12.0. The van der Waals surface area contributed by atoms with Gasteiger partial charge in [0.1, 0.15) is 5.82 Å². The molecule has 4 nitrogen and oxygen atoms in total. The van der Waals surface area contributed by atoms with Gasteiger partial charge in [-0.15, -0.1) is 0 Å². The Kier molecular flexibility index (Phi) is 6.45. The smallest absolute Gasteiger partial charge is 0.223 e. The average Bonchev–Trinajstić information content (AvgIpc) is 2.69. The summed E-state index contributed by atoms with van der Waals surface area (Å²) >= 11 is 0. The lowest BCUT2D eigenvalue weighted by atomic mass is 10.0. The van der Waals surface area contributed by atoms with Crippen LogP contribution in [0.5, 0.6) is 0 Å². The number of anilines is 1. The van der Waals surface area contributed by atoms with Crippen molar-refractivity contribution in [2.24, 2.45) is 0 Å². The van der Waals surface area contributed by atoms with Crippen molar-refractivity contribution in [2.75, 3.05) is 18.4 Å². The maximum absolute atomic E-state index is 13.0. The van der Waals surface area contributed by atoms with Crippen LogP contribution in [-0.2, 0) is 4.79 Å². The lowest BCUT2D eigenvalue weighted by molar-refractivity contribution is -0.132. The first-order chi connectivity index (χ1) is 13.4. The molecule has 148 valence electrons. The van der Waals surface area contributed by atoms with Crippen LogP contribution in [0.25, 0.3) is 0 Å². The number of hydrogen-bond acceptors (Lipinski definition) is 3. The van der Waals surface area contributed by atoms with E-state index >= 15 is 0 Å². The zero-order valence-electron chi connectivity index (χ0n) is 16.5. The van der Waals surface area contributed by atoms with Crippen molar-refractivity contribution >= 4 is 17.4 Å². The Balaban J connectivity index is 1.51. The minimum atomic E-state index is -0.372. The van der Waals surface area contributed by atoms with E-state index in [1.807, 2.05) is 4.90 Å². The third-order valence-corrected chi connectivity index (χ3v) is 5.38. The Labute approximate surface area is 165 Å². The lowest BCUT2D eigenvalue weighted by Crippen LogP contribution is -2.45. The Morgan fingerprint density at radius 1 is 1.07 bits per heavy atom. The molecule has 0 saturated carbocycles. The fourth-order valence-electron chi connectivity index (χ4n) is 3.55. The number of hydrogen-bond donors (Lipinski definition) is 1. The zero-order chi connectivity index (χ0) is 20.1. The van der Waals surface area contributed by atoms with E-state index in [0.29, 0.717) is 12.1 Å². The Morgan fingerprint density at radius 3 is 2.54 bits per heavy atom. The SMILES string of the molecule is Cc1ccc(NC2CCCN(C(=O)CCC(=O)c3ccc(F)cc3)C2)cc1C. The second-order valence-electron chi connectivity index (χ2n) is 7.55. The quantitative estimate of drug-likeness (QED) is 0.748. The first kappa shape index (κ1) is 20.1. The molecule has 2 aromatic carbocycles. The van der Waals surface area contributed by atoms with Crippen molar-refractivity contribution in [1.29, 1.82) is 0 Å². The number of rotatable bonds is 6. The van der Waals surface area contributed by atoms with E-state index in [4.69, 9.17) is 0 Å². The van der Waals surface area contributed by atoms with Crippen LogP contribution < -0.4 is 5.32 Å². The van der Waals surface area contributed by atoms with Gasteiger partial charge in [0.25, 0.3) is 0 Å². The number of nitrogens with one attached hydrogen (secondary N) is 1. The van der Waals surface area contributed by atoms with Crippen molar-refractivity contribution in [2.45, 2.75) is 45.6 Å². The molecule has 1 atom stereocenters. The van der Waals surface area contributed by atoms with Crippen LogP contribution in [0.15, 0.2) is 42.5 Å². The molecule has 1 aliphatic heterocycles. The molecule has 0 bridgehead atoms. The van der Waals surface area contributed by atoms with Gasteiger partial charge < -0.3 is 10.2 Å². The first-order valence-electron chi connectivity index (χ1n) is 9.82. The number of nitrogens with zero attached hydrogens (tertiary/aromatic N) is 1. The van der Waals surface area contributed by atoms with Crippen molar-refractivity contribution in [1.82, 2.24) is 4.90 Å². The minimum absolute atomic E-state index is 0.00190. The summed E-state index contributed by atoms with van der Waals surface area (Å²) < 4.78 is 13.0. The molecule has 1 N–H and O–H groups in total. The summed E-state index contributed by atoms with van der Waals surface area (Å²) in [7, 11) is 0. The van der Waals surface area contributed by atoms with Gasteiger partial charge in [-0.2, -0.15) is 0 Å². The highest BCUT2D eigenvalue weighted by Gasteiger charge is 2.24. The molecule has 2 aromatic rings. The summed E-state index contributed by atoms with van der Waals surface area (Å²) in [4.78, 5) is 26.6. The molecule has 1 fully saturated rings. The van der Waals surface area contributed by atoms with E-state index in [9.17, 15) is 14.0 Å². The number of halogens is 1. The van der Waals surface area contributed by atoms with Gasteiger partial charge in [-0.1, -0.05) is 6.07 Å². The van der Waals surface area contributed by atoms with E-state index < -0.39 is 0 Å². The standard InChI is InChI=1S/C23H27FN2O2/c1-16-5-10-20(14-17(16)2)25-21-4-3-13-26(15-21)23(28)12-11-22(27)18-6-8-19(24)9-7-18/h5-10,14,21,25H,3-4,11-13,15H2,1-2H3. The number of ketones is 1. The van der Waals surface area contributed by atoms with E-state index in [2.05, 4.69) is 37.4 Å². The molecule has 1 unspecified atom stereocenters. The zero-order valence-corrected chi connectivity index (χ0v) is 16.5. The summed E-state index contributed by atoms with van der Waals surface area (Å²) in [5, 5.41) is 3.53. The van der Waals surface area contributed by atoms with E-state index in [1.165, 1.54) is 35.4 Å². The molecule has 1 amide bonds. The molecule has 0 radical (unpaired) electrons. The van der Waals surface area contributed by atoms with Gasteiger partial charge in [-0.25, -0.2) is 4.39 Å². The maximum atomic E-state index is 13.0. The Bertz CT molecular complexity index is 848. The summed E-state index contributed by atoms with van der Waals surface area (Å²) in [6.45, 7) is 5.56. The number of benzene rings is 2. The van der Waals surface area contributed by atoms with Crippen LogP contribution in [-0.4, -0.2) is 35.7 Å². The summed E-state index contributed by atoms with van der Waals surface area (Å²) in [5.74, 6) is -0.500. The molecule has 1 aliphatic rings. The number of carbonyl (C=O) groups is 2. The van der Waals surface area contributed by atoms with Gasteiger partial charge >= 0.3 is 0 Å². The molecule has 0 spiro atoms. The second-order valence-corrected chi connectivity index (χ2v) is 7.55. The maximum Gasteiger partial charge on any atom is 0.223 e. The van der Waals surface area contributed by atoms with Crippen molar-refractivity contribution in [3.05, 3.63) is 65.0 Å². The molecule has 5 heteroatoms. The lowest BCUT2D eigenvalue weighted by Gasteiger charge is -2.34. The van der Waals surface area contributed by atoms with Crippen LogP contribution in [0, 0.1) is 19.7 Å². The van der Waals surface area contributed by atoms with Crippen LogP contribution >= 0.6 is 0 Å². The summed E-state index contributed by atoms with van der Waals surface area (Å²) in [6.07, 6.45) is 2.30. The second kappa shape index (κ2) is 9.00. The summed E-state index contributed by atoms with van der Waals surface area (Å²) in [5.41, 5.74) is 4.03. The van der Waals surface area contributed by atoms with Crippen molar-refractivity contribution < 1.29 is 14.0 Å². The Hall–Kier alpha value is -2.69. The van der Waals surface area contributed by atoms with Crippen LogP contribution in [0.4, 0.5) is 10.1 Å². The molecule has 0 aromatic heterocycles. The largest absolute Gasteiger partial charge is 0.381 e. The number of Topliss-reactive ketones (excluding diaryl/α,β-unsaturated/α-hetero) is 1. The first-order valence-corrected chi connectivity index (χ1v) is 9.82. The average molecular weight is 382 g/mol. The van der Waals surface area contributed by atoms with Gasteiger partial charge in [-0.3, -0.25) is 9.59 Å². The number of amides is 1. The van der Waals surface area contributed by atoms with E-state index in [0.717, 1.165) is 25.1 Å². The highest BCUT2D eigenvalue weighted by atomic mass is 19.1. The highest BCUT2D eigenvalue weighted by Crippen LogP contribution is 2.20. The number of piperidine rings is 1. The van der Waals surface area contributed by atoms with Crippen molar-refractivity contribution in [3.63, 3.8) is 0 Å².